The van der Waals surface area contributed by atoms with E-state index in [0.29, 0.717) is 22.7 Å². The van der Waals surface area contributed by atoms with Crippen LogP contribution in [0.1, 0.15) is 15.9 Å². The van der Waals surface area contributed by atoms with Gasteiger partial charge in [-0.25, -0.2) is 0 Å². The van der Waals surface area contributed by atoms with Crippen LogP contribution >= 0.6 is 11.6 Å². The zero-order valence-corrected chi connectivity index (χ0v) is 10.8. The fourth-order valence-corrected chi connectivity index (χ4v) is 1.78. The van der Waals surface area contributed by atoms with Crippen molar-refractivity contribution in [2.24, 2.45) is 0 Å². The minimum atomic E-state index is -0.206. The summed E-state index contributed by atoms with van der Waals surface area (Å²) in [5, 5.41) is 12.0. The molecule has 94 valence electrons. The number of carbonyl (C=O) groups excluding carboxylic acids is 1. The summed E-state index contributed by atoms with van der Waals surface area (Å²) in [5.41, 5.74) is 2.04. The Labute approximate surface area is 116 Å². The molecule has 0 aliphatic rings. The molecule has 0 spiro atoms. The molecule has 0 aliphatic heterocycles. The molecule has 0 atom stereocenters. The van der Waals surface area contributed by atoms with E-state index >= 15 is 0 Å². The van der Waals surface area contributed by atoms with Crippen LogP contribution in [0.15, 0.2) is 48.5 Å². The van der Waals surface area contributed by atoms with Crippen molar-refractivity contribution in [3.63, 3.8) is 0 Å². The maximum atomic E-state index is 12.0. The molecule has 19 heavy (non-hydrogen) atoms. The maximum absolute atomic E-state index is 12.0. The number of carbonyl (C=O) groups is 1. The Morgan fingerprint density at radius 1 is 1.21 bits per heavy atom. The van der Waals surface area contributed by atoms with Gasteiger partial charge >= 0.3 is 0 Å². The highest BCUT2D eigenvalue weighted by molar-refractivity contribution is 6.30. The third kappa shape index (κ3) is 3.57. The van der Waals surface area contributed by atoms with Crippen molar-refractivity contribution in [1.82, 2.24) is 0 Å². The van der Waals surface area contributed by atoms with Crippen LogP contribution in [0, 0.1) is 11.3 Å². The number of nitrogens with one attached hydrogen (secondary N) is 1. The molecule has 1 N–H and O–H groups in total. The number of hydrogen-bond acceptors (Lipinski definition) is 2. The van der Waals surface area contributed by atoms with Gasteiger partial charge in [0.05, 0.1) is 12.5 Å². The zero-order valence-electron chi connectivity index (χ0n) is 10.1. The standard InChI is InChI=1S/C15H11ClN2O/c16-13-4-6-14(7-5-13)18-15(19)12-3-1-2-11(10-12)8-9-17/h1-7,10H,8H2,(H,18,19). The second-order valence-electron chi connectivity index (χ2n) is 4.00. The summed E-state index contributed by atoms with van der Waals surface area (Å²) in [4.78, 5) is 12.0. The fraction of sp³-hybridized carbons (Fsp3) is 0.0667. The zero-order chi connectivity index (χ0) is 13.7. The molecule has 0 radical (unpaired) electrons. The number of nitriles is 1. The van der Waals surface area contributed by atoms with Gasteiger partial charge in [-0.15, -0.1) is 0 Å². The molecule has 0 heterocycles. The average Bonchev–Trinajstić information content (AvgIpc) is 2.42. The smallest absolute Gasteiger partial charge is 0.255 e. The van der Waals surface area contributed by atoms with Crippen LogP contribution in [0.25, 0.3) is 0 Å². The Morgan fingerprint density at radius 3 is 2.63 bits per heavy atom. The molecule has 0 unspecified atom stereocenters. The number of halogens is 1. The third-order valence-corrected chi connectivity index (χ3v) is 2.83. The molecule has 2 aromatic rings. The van der Waals surface area contributed by atoms with Gasteiger partial charge in [-0.3, -0.25) is 4.79 Å². The van der Waals surface area contributed by atoms with Crippen LogP contribution in [-0.4, -0.2) is 5.91 Å². The lowest BCUT2D eigenvalue weighted by atomic mass is 10.1. The van der Waals surface area contributed by atoms with Crippen molar-refractivity contribution >= 4 is 23.2 Å². The van der Waals surface area contributed by atoms with E-state index in [1.165, 1.54) is 0 Å². The third-order valence-electron chi connectivity index (χ3n) is 2.57. The number of nitrogens with zero attached hydrogens (tertiary/aromatic N) is 1. The Hall–Kier alpha value is -2.31. The van der Waals surface area contributed by atoms with Crippen molar-refractivity contribution in [3.8, 4) is 6.07 Å². The summed E-state index contributed by atoms with van der Waals surface area (Å²) in [5.74, 6) is -0.206. The minimum absolute atomic E-state index is 0.206. The monoisotopic (exact) mass is 270 g/mol. The molecular weight excluding hydrogens is 260 g/mol. The van der Waals surface area contributed by atoms with Crippen LogP contribution < -0.4 is 5.32 Å². The predicted octanol–water partition coefficient (Wildman–Crippen LogP) is 3.66. The summed E-state index contributed by atoms with van der Waals surface area (Å²) < 4.78 is 0. The summed E-state index contributed by atoms with van der Waals surface area (Å²) >= 11 is 5.78. The van der Waals surface area contributed by atoms with Gasteiger partial charge in [0.1, 0.15) is 0 Å². The summed E-state index contributed by atoms with van der Waals surface area (Å²) in [6.45, 7) is 0. The van der Waals surface area contributed by atoms with Gasteiger partial charge in [0.2, 0.25) is 0 Å². The van der Waals surface area contributed by atoms with Crippen molar-refractivity contribution < 1.29 is 4.79 Å². The molecule has 0 saturated carbocycles. The van der Waals surface area contributed by atoms with Gasteiger partial charge in [0, 0.05) is 16.3 Å². The minimum Gasteiger partial charge on any atom is -0.322 e. The first kappa shape index (κ1) is 13.1. The highest BCUT2D eigenvalue weighted by atomic mass is 35.5. The Balaban J connectivity index is 2.13. The van der Waals surface area contributed by atoms with E-state index in [0.717, 1.165) is 5.56 Å². The van der Waals surface area contributed by atoms with Gasteiger partial charge in [-0.1, -0.05) is 23.7 Å². The maximum Gasteiger partial charge on any atom is 0.255 e. The van der Waals surface area contributed by atoms with E-state index in [2.05, 4.69) is 11.4 Å². The molecule has 0 bridgehead atoms. The van der Waals surface area contributed by atoms with Crippen molar-refractivity contribution in [2.45, 2.75) is 6.42 Å². The molecule has 3 nitrogen and oxygen atoms in total. The van der Waals surface area contributed by atoms with Crippen LogP contribution in [0.3, 0.4) is 0 Å². The molecule has 0 fully saturated rings. The number of anilines is 1. The van der Waals surface area contributed by atoms with E-state index < -0.39 is 0 Å². The quantitative estimate of drug-likeness (QED) is 0.925. The van der Waals surface area contributed by atoms with E-state index in [-0.39, 0.29) is 5.91 Å². The average molecular weight is 271 g/mol. The van der Waals surface area contributed by atoms with Crippen LogP contribution in [-0.2, 0) is 6.42 Å². The predicted molar refractivity (Wildman–Crippen MR) is 75.2 cm³/mol. The number of benzene rings is 2. The van der Waals surface area contributed by atoms with Gasteiger partial charge in [-0.2, -0.15) is 5.26 Å². The normalized spacial score (nSPS) is 9.68. The Bertz CT molecular complexity index is 629. The summed E-state index contributed by atoms with van der Waals surface area (Å²) in [6, 6.07) is 16.0. The van der Waals surface area contributed by atoms with Gasteiger partial charge in [0.15, 0.2) is 0 Å². The lowest BCUT2D eigenvalue weighted by Gasteiger charge is -2.06. The second kappa shape index (κ2) is 6.03. The fourth-order valence-electron chi connectivity index (χ4n) is 1.65. The van der Waals surface area contributed by atoms with Gasteiger partial charge in [0.25, 0.3) is 5.91 Å². The lowest BCUT2D eigenvalue weighted by molar-refractivity contribution is 0.102. The lowest BCUT2D eigenvalue weighted by Crippen LogP contribution is -2.11. The van der Waals surface area contributed by atoms with Crippen LogP contribution in [0.2, 0.25) is 5.02 Å². The molecule has 2 aromatic carbocycles. The van der Waals surface area contributed by atoms with E-state index in [1.807, 2.05) is 6.07 Å². The topological polar surface area (TPSA) is 52.9 Å². The van der Waals surface area contributed by atoms with Gasteiger partial charge in [-0.05, 0) is 42.0 Å². The largest absolute Gasteiger partial charge is 0.322 e. The molecule has 4 heteroatoms. The Kier molecular flexibility index (Phi) is 4.17. The Morgan fingerprint density at radius 2 is 1.95 bits per heavy atom. The molecule has 0 aromatic heterocycles. The second-order valence-corrected chi connectivity index (χ2v) is 4.43. The first-order chi connectivity index (χ1) is 9.19. The SMILES string of the molecule is N#CCc1cccc(C(=O)Nc2ccc(Cl)cc2)c1. The van der Waals surface area contributed by atoms with Crippen LogP contribution in [0.4, 0.5) is 5.69 Å². The van der Waals surface area contributed by atoms with E-state index in [1.54, 1.807) is 42.5 Å². The van der Waals surface area contributed by atoms with Crippen molar-refractivity contribution in [2.75, 3.05) is 5.32 Å². The first-order valence-corrected chi connectivity index (χ1v) is 6.09. The van der Waals surface area contributed by atoms with Gasteiger partial charge < -0.3 is 5.32 Å². The molecule has 2 rings (SSSR count). The van der Waals surface area contributed by atoms with E-state index in [9.17, 15) is 4.79 Å². The number of rotatable bonds is 3. The molecule has 0 saturated heterocycles. The summed E-state index contributed by atoms with van der Waals surface area (Å²) in [7, 11) is 0. The number of amides is 1. The first-order valence-electron chi connectivity index (χ1n) is 5.72. The summed E-state index contributed by atoms with van der Waals surface area (Å²) in [6.07, 6.45) is 0.294. The molecule has 0 aliphatic carbocycles. The highest BCUT2D eigenvalue weighted by Gasteiger charge is 2.06. The van der Waals surface area contributed by atoms with Crippen molar-refractivity contribution in [1.29, 1.82) is 5.26 Å². The molecular formula is C15H11ClN2O. The van der Waals surface area contributed by atoms with Crippen molar-refractivity contribution in [3.05, 3.63) is 64.7 Å². The van der Waals surface area contributed by atoms with Crippen LogP contribution in [0.5, 0.6) is 0 Å². The van der Waals surface area contributed by atoms with E-state index in [4.69, 9.17) is 16.9 Å². The number of hydrogen-bond donors (Lipinski definition) is 1. The highest BCUT2D eigenvalue weighted by Crippen LogP contribution is 2.15. The molecule has 1 amide bonds.